The van der Waals surface area contributed by atoms with Gasteiger partial charge in [-0.15, -0.1) is 0 Å². The molecule has 2 N–H and O–H groups in total. The molecule has 1 heterocycles. The van der Waals surface area contributed by atoms with Gasteiger partial charge in [-0.1, -0.05) is 50.3 Å². The molecule has 1 aromatic carbocycles. The lowest BCUT2D eigenvalue weighted by molar-refractivity contribution is -0.122. The Bertz CT molecular complexity index is 751. The molecular weight excluding hydrogens is 356 g/mol. The van der Waals surface area contributed by atoms with Crippen molar-refractivity contribution in [2.45, 2.75) is 58.0 Å². The highest BCUT2D eigenvalue weighted by Gasteiger charge is 2.15. The summed E-state index contributed by atoms with van der Waals surface area (Å²) in [7, 11) is 0. The molecule has 2 aromatic rings. The average molecular weight is 384 g/mol. The minimum absolute atomic E-state index is 0.133. The Morgan fingerprint density at radius 2 is 1.79 bits per heavy atom. The molecule has 0 bridgehead atoms. The van der Waals surface area contributed by atoms with Crippen molar-refractivity contribution in [3.8, 4) is 5.75 Å². The molecule has 0 saturated heterocycles. The maximum absolute atomic E-state index is 12.1. The van der Waals surface area contributed by atoms with Crippen molar-refractivity contribution in [2.75, 3.05) is 0 Å². The van der Waals surface area contributed by atoms with E-state index in [1.54, 1.807) is 12.1 Å². The largest absolute Gasteiger partial charge is 0.486 e. The lowest BCUT2D eigenvalue weighted by Crippen LogP contribution is -2.41. The van der Waals surface area contributed by atoms with E-state index in [4.69, 9.17) is 9.15 Å². The molecule has 3 rings (SSSR count). The summed E-state index contributed by atoms with van der Waals surface area (Å²) in [5.74, 6) is 1.50. The lowest BCUT2D eigenvalue weighted by atomic mass is 9.86. The van der Waals surface area contributed by atoms with Crippen molar-refractivity contribution in [3.63, 3.8) is 0 Å². The average Bonchev–Trinajstić information content (AvgIpc) is 3.21. The highest BCUT2D eigenvalue weighted by atomic mass is 16.5. The zero-order valence-electron chi connectivity index (χ0n) is 16.1. The third-order valence-electron chi connectivity index (χ3n) is 5.07. The van der Waals surface area contributed by atoms with Crippen molar-refractivity contribution < 1.29 is 18.7 Å². The Morgan fingerprint density at radius 3 is 2.57 bits per heavy atom. The van der Waals surface area contributed by atoms with Crippen LogP contribution >= 0.6 is 0 Å². The number of hydrogen-bond donors (Lipinski definition) is 2. The molecule has 1 saturated carbocycles. The van der Waals surface area contributed by atoms with Crippen LogP contribution in [0.3, 0.4) is 0 Å². The third-order valence-corrected chi connectivity index (χ3v) is 5.07. The Morgan fingerprint density at radius 1 is 1.00 bits per heavy atom. The Labute approximate surface area is 165 Å². The molecule has 2 amide bonds. The van der Waals surface area contributed by atoms with Gasteiger partial charge >= 0.3 is 5.91 Å². The molecule has 150 valence electrons. The predicted octanol–water partition coefficient (Wildman–Crippen LogP) is 4.37. The van der Waals surface area contributed by atoms with Crippen LogP contribution in [-0.2, 0) is 11.4 Å². The zero-order valence-corrected chi connectivity index (χ0v) is 16.1. The van der Waals surface area contributed by atoms with Gasteiger partial charge < -0.3 is 9.15 Å². The van der Waals surface area contributed by atoms with E-state index in [0.29, 0.717) is 12.2 Å². The van der Waals surface area contributed by atoms with E-state index in [0.717, 1.165) is 24.5 Å². The Balaban J connectivity index is 1.34. The molecule has 6 heteroatoms. The van der Waals surface area contributed by atoms with Crippen LogP contribution in [0.15, 0.2) is 46.9 Å². The third kappa shape index (κ3) is 6.44. The second kappa shape index (κ2) is 10.5. The fraction of sp³-hybridized carbons (Fsp3) is 0.455. The van der Waals surface area contributed by atoms with E-state index < -0.39 is 5.91 Å². The maximum atomic E-state index is 12.1. The number of rotatable bonds is 8. The Kier molecular flexibility index (Phi) is 7.53. The molecule has 1 aliphatic carbocycles. The molecule has 0 radical (unpaired) electrons. The molecule has 1 aromatic heterocycles. The number of carbonyl (C=O) groups excluding carboxylic acids is 2. The van der Waals surface area contributed by atoms with Gasteiger partial charge in [0.25, 0.3) is 0 Å². The van der Waals surface area contributed by atoms with Gasteiger partial charge in [-0.05, 0) is 43.0 Å². The van der Waals surface area contributed by atoms with Gasteiger partial charge in [0.2, 0.25) is 5.91 Å². The molecule has 0 atom stereocenters. The van der Waals surface area contributed by atoms with Crippen LogP contribution in [0.2, 0.25) is 0 Å². The zero-order chi connectivity index (χ0) is 19.6. The van der Waals surface area contributed by atoms with Crippen molar-refractivity contribution in [2.24, 2.45) is 5.92 Å². The minimum atomic E-state index is -0.480. The number of para-hydroxylation sites is 1. The monoisotopic (exact) mass is 384 g/mol. The van der Waals surface area contributed by atoms with Crippen LogP contribution in [0.4, 0.5) is 0 Å². The minimum Gasteiger partial charge on any atom is -0.486 e. The topological polar surface area (TPSA) is 80.6 Å². The summed E-state index contributed by atoms with van der Waals surface area (Å²) in [4.78, 5) is 24.0. The van der Waals surface area contributed by atoms with E-state index in [9.17, 15) is 9.59 Å². The summed E-state index contributed by atoms with van der Waals surface area (Å²) in [5, 5.41) is 0. The molecule has 1 fully saturated rings. The first-order valence-electron chi connectivity index (χ1n) is 10.1. The van der Waals surface area contributed by atoms with Gasteiger partial charge in [0.1, 0.15) is 18.1 Å². The standard InChI is InChI=1S/C22H28N2O4/c25-21(13-7-10-17-8-3-1-4-9-17)23-24-22(26)20-15-14-19(28-20)16-27-18-11-5-2-6-12-18/h2,5-6,11-12,14-15,17H,1,3-4,7-10,13,16H2,(H,23,25)(H,24,26). The number of furan rings is 1. The SMILES string of the molecule is O=C(CCCC1CCCCC1)NNC(=O)c1ccc(COc2ccccc2)o1. The van der Waals surface area contributed by atoms with Gasteiger partial charge in [-0.25, -0.2) is 0 Å². The smallest absolute Gasteiger partial charge is 0.305 e. The van der Waals surface area contributed by atoms with Gasteiger partial charge in [0.15, 0.2) is 5.76 Å². The first-order chi connectivity index (χ1) is 13.7. The summed E-state index contributed by atoms with van der Waals surface area (Å²) in [6.07, 6.45) is 8.91. The van der Waals surface area contributed by atoms with E-state index >= 15 is 0 Å². The molecule has 1 aliphatic rings. The molecule has 0 unspecified atom stereocenters. The molecule has 0 spiro atoms. The number of benzene rings is 1. The highest BCUT2D eigenvalue weighted by Crippen LogP contribution is 2.27. The summed E-state index contributed by atoms with van der Waals surface area (Å²) in [6, 6.07) is 12.6. The van der Waals surface area contributed by atoms with Gasteiger partial charge in [0.05, 0.1) is 0 Å². The molecule has 0 aliphatic heterocycles. The first kappa shape index (κ1) is 20.0. The van der Waals surface area contributed by atoms with Gasteiger partial charge in [-0.3, -0.25) is 20.4 Å². The number of hydrazine groups is 1. The summed E-state index contributed by atoms with van der Waals surface area (Å²) in [6.45, 7) is 0.227. The fourth-order valence-corrected chi connectivity index (χ4v) is 3.53. The number of hydrogen-bond acceptors (Lipinski definition) is 4. The molecule has 28 heavy (non-hydrogen) atoms. The second-order valence-electron chi connectivity index (χ2n) is 7.27. The summed E-state index contributed by atoms with van der Waals surface area (Å²) < 4.78 is 11.1. The molecule has 6 nitrogen and oxygen atoms in total. The van der Waals surface area contributed by atoms with Crippen molar-refractivity contribution in [1.82, 2.24) is 10.9 Å². The van der Waals surface area contributed by atoms with Gasteiger partial charge in [0, 0.05) is 6.42 Å². The van der Waals surface area contributed by atoms with Crippen molar-refractivity contribution in [1.29, 1.82) is 0 Å². The second-order valence-corrected chi connectivity index (χ2v) is 7.27. The Hall–Kier alpha value is -2.76. The normalized spacial score (nSPS) is 14.4. The van der Waals surface area contributed by atoms with Crippen LogP contribution in [-0.4, -0.2) is 11.8 Å². The van der Waals surface area contributed by atoms with Crippen LogP contribution in [0.25, 0.3) is 0 Å². The first-order valence-corrected chi connectivity index (χ1v) is 10.1. The van der Waals surface area contributed by atoms with Crippen molar-refractivity contribution >= 4 is 11.8 Å². The van der Waals surface area contributed by atoms with Crippen LogP contribution in [0.1, 0.15) is 67.7 Å². The number of nitrogens with one attached hydrogen (secondary N) is 2. The van der Waals surface area contributed by atoms with Crippen LogP contribution in [0, 0.1) is 5.92 Å². The summed E-state index contributed by atoms with van der Waals surface area (Å²) >= 11 is 0. The number of amides is 2. The quantitative estimate of drug-likeness (QED) is 0.662. The van der Waals surface area contributed by atoms with E-state index in [1.165, 1.54) is 32.1 Å². The van der Waals surface area contributed by atoms with Crippen LogP contribution in [0.5, 0.6) is 5.75 Å². The van der Waals surface area contributed by atoms with Crippen molar-refractivity contribution in [3.05, 3.63) is 54.0 Å². The summed E-state index contributed by atoms with van der Waals surface area (Å²) in [5.41, 5.74) is 4.86. The number of carbonyl (C=O) groups is 2. The maximum Gasteiger partial charge on any atom is 0.305 e. The van der Waals surface area contributed by atoms with E-state index in [-0.39, 0.29) is 18.3 Å². The fourth-order valence-electron chi connectivity index (χ4n) is 3.53. The molecular formula is C22H28N2O4. The van der Waals surface area contributed by atoms with E-state index in [1.807, 2.05) is 30.3 Å². The van der Waals surface area contributed by atoms with Gasteiger partial charge in [-0.2, -0.15) is 0 Å². The van der Waals surface area contributed by atoms with Crippen LogP contribution < -0.4 is 15.6 Å². The lowest BCUT2D eigenvalue weighted by Gasteiger charge is -2.21. The van der Waals surface area contributed by atoms with E-state index in [2.05, 4.69) is 10.9 Å². The predicted molar refractivity (Wildman–Crippen MR) is 106 cm³/mol. The highest BCUT2D eigenvalue weighted by molar-refractivity contribution is 5.92. The number of ether oxygens (including phenoxy) is 1.